The summed E-state index contributed by atoms with van der Waals surface area (Å²) in [5, 5.41) is 13.6. The maximum atomic E-state index is 10.1. The molecule has 108 valence electrons. The molecule has 0 aliphatic rings. The summed E-state index contributed by atoms with van der Waals surface area (Å²) in [6.45, 7) is 4.19. The van der Waals surface area contributed by atoms with Crippen LogP contribution in [0.5, 0.6) is 0 Å². The Labute approximate surface area is 128 Å². The molecule has 3 nitrogen and oxygen atoms in total. The van der Waals surface area contributed by atoms with Gasteiger partial charge in [-0.3, -0.25) is 0 Å². The van der Waals surface area contributed by atoms with Crippen LogP contribution in [0.25, 0.3) is 0 Å². The summed E-state index contributed by atoms with van der Waals surface area (Å²) in [7, 11) is 0. The molecular weight excluding hydrogens is 318 g/mol. The first-order chi connectivity index (χ1) is 9.58. The van der Waals surface area contributed by atoms with Crippen molar-refractivity contribution in [1.29, 1.82) is 0 Å². The van der Waals surface area contributed by atoms with Gasteiger partial charge in [-0.15, -0.1) is 0 Å². The van der Waals surface area contributed by atoms with Gasteiger partial charge in [-0.2, -0.15) is 0 Å². The molecule has 20 heavy (non-hydrogen) atoms. The van der Waals surface area contributed by atoms with Crippen molar-refractivity contribution in [2.24, 2.45) is 0 Å². The highest BCUT2D eigenvalue weighted by molar-refractivity contribution is 9.10. The minimum absolute atomic E-state index is 0.178. The van der Waals surface area contributed by atoms with Crippen LogP contribution in [0, 0.1) is 0 Å². The molecule has 3 unspecified atom stereocenters. The van der Waals surface area contributed by atoms with Crippen LogP contribution < -0.4 is 5.32 Å². The number of halogens is 1. The number of aliphatic hydroxyl groups is 1. The molecular formula is C16H20BrNO2. The van der Waals surface area contributed by atoms with Gasteiger partial charge >= 0.3 is 0 Å². The third-order valence-electron chi connectivity index (χ3n) is 3.35. The lowest BCUT2D eigenvalue weighted by atomic mass is 10.0. The normalized spacial score (nSPS) is 15.8. The third-order valence-corrected chi connectivity index (χ3v) is 4.08. The number of furan rings is 1. The van der Waals surface area contributed by atoms with Crippen LogP contribution in [0.15, 0.2) is 51.6 Å². The fraction of sp³-hybridized carbons (Fsp3) is 0.375. The van der Waals surface area contributed by atoms with Crippen molar-refractivity contribution in [3.63, 3.8) is 0 Å². The molecule has 3 atom stereocenters. The van der Waals surface area contributed by atoms with Crippen LogP contribution in [-0.4, -0.2) is 11.1 Å². The van der Waals surface area contributed by atoms with E-state index in [1.807, 2.05) is 18.2 Å². The molecule has 0 amide bonds. The van der Waals surface area contributed by atoms with Gasteiger partial charge in [-0.25, -0.2) is 0 Å². The molecule has 4 heteroatoms. The summed E-state index contributed by atoms with van der Waals surface area (Å²) in [4.78, 5) is 0. The Hall–Kier alpha value is -1.10. The van der Waals surface area contributed by atoms with E-state index < -0.39 is 6.10 Å². The van der Waals surface area contributed by atoms with E-state index in [0.29, 0.717) is 12.2 Å². The van der Waals surface area contributed by atoms with E-state index in [1.54, 1.807) is 18.4 Å². The molecule has 1 aromatic carbocycles. The van der Waals surface area contributed by atoms with E-state index in [4.69, 9.17) is 4.42 Å². The molecule has 0 bridgehead atoms. The molecule has 0 aliphatic heterocycles. The van der Waals surface area contributed by atoms with Crippen LogP contribution in [0.4, 0.5) is 0 Å². The minimum Gasteiger partial charge on any atom is -0.467 e. The zero-order chi connectivity index (χ0) is 14.5. The van der Waals surface area contributed by atoms with E-state index >= 15 is 0 Å². The smallest absolute Gasteiger partial charge is 0.132 e. The van der Waals surface area contributed by atoms with E-state index in [9.17, 15) is 5.11 Å². The molecule has 1 heterocycles. The Morgan fingerprint density at radius 3 is 2.60 bits per heavy atom. The molecule has 2 rings (SSSR count). The minimum atomic E-state index is -0.570. The van der Waals surface area contributed by atoms with E-state index in [-0.39, 0.29) is 12.1 Å². The fourth-order valence-corrected chi connectivity index (χ4v) is 2.97. The highest BCUT2D eigenvalue weighted by atomic mass is 79.9. The lowest BCUT2D eigenvalue weighted by Gasteiger charge is -2.22. The third kappa shape index (κ3) is 3.95. The summed E-state index contributed by atoms with van der Waals surface area (Å²) >= 11 is 3.56. The average molecular weight is 338 g/mol. The second kappa shape index (κ2) is 7.07. The van der Waals surface area contributed by atoms with Gasteiger partial charge in [0, 0.05) is 16.6 Å². The summed E-state index contributed by atoms with van der Waals surface area (Å²) in [6, 6.07) is 12.1. The fourth-order valence-electron chi connectivity index (χ4n) is 2.34. The molecule has 0 radical (unpaired) electrons. The van der Waals surface area contributed by atoms with Crippen molar-refractivity contribution >= 4 is 15.9 Å². The molecule has 1 aromatic heterocycles. The lowest BCUT2D eigenvalue weighted by molar-refractivity contribution is 0.127. The Morgan fingerprint density at radius 1 is 1.20 bits per heavy atom. The Bertz CT molecular complexity index is 527. The number of hydrogen-bond donors (Lipinski definition) is 2. The van der Waals surface area contributed by atoms with E-state index in [2.05, 4.69) is 41.2 Å². The number of rotatable bonds is 6. The first-order valence-corrected chi connectivity index (χ1v) is 7.59. The average Bonchev–Trinajstić information content (AvgIpc) is 2.92. The van der Waals surface area contributed by atoms with Gasteiger partial charge in [0.2, 0.25) is 0 Å². The van der Waals surface area contributed by atoms with Gasteiger partial charge in [0.15, 0.2) is 0 Å². The van der Waals surface area contributed by atoms with E-state index in [0.717, 1.165) is 4.47 Å². The predicted octanol–water partition coefficient (Wildman–Crippen LogP) is 4.20. The van der Waals surface area contributed by atoms with E-state index in [1.165, 1.54) is 5.56 Å². The predicted molar refractivity (Wildman–Crippen MR) is 83.4 cm³/mol. The molecule has 0 fully saturated rings. The number of nitrogens with one attached hydrogen (secondary N) is 1. The van der Waals surface area contributed by atoms with Crippen molar-refractivity contribution in [3.05, 3.63) is 58.5 Å². The second-order valence-corrected chi connectivity index (χ2v) is 5.93. The maximum absolute atomic E-state index is 10.1. The summed E-state index contributed by atoms with van der Waals surface area (Å²) in [6.07, 6.45) is 1.63. The van der Waals surface area contributed by atoms with Crippen molar-refractivity contribution in [1.82, 2.24) is 5.32 Å². The first kappa shape index (κ1) is 15.3. The van der Waals surface area contributed by atoms with Crippen LogP contribution in [0.2, 0.25) is 0 Å². The van der Waals surface area contributed by atoms with Crippen LogP contribution in [0.1, 0.15) is 43.7 Å². The summed E-state index contributed by atoms with van der Waals surface area (Å²) < 4.78 is 6.32. The molecule has 2 aromatic rings. The van der Waals surface area contributed by atoms with Crippen molar-refractivity contribution in [2.75, 3.05) is 0 Å². The second-order valence-electron chi connectivity index (χ2n) is 5.08. The molecule has 0 aliphatic carbocycles. The molecule has 2 N–H and O–H groups in total. The van der Waals surface area contributed by atoms with Gasteiger partial charge in [-0.1, -0.05) is 34.1 Å². The Morgan fingerprint density at radius 2 is 1.95 bits per heavy atom. The highest BCUT2D eigenvalue weighted by Crippen LogP contribution is 2.24. The maximum Gasteiger partial charge on any atom is 0.132 e. The highest BCUT2D eigenvalue weighted by Gasteiger charge is 2.17. The van der Waals surface area contributed by atoms with Crippen molar-refractivity contribution < 1.29 is 9.52 Å². The summed E-state index contributed by atoms with van der Waals surface area (Å²) in [5.41, 5.74) is 1.21. The van der Waals surface area contributed by atoms with Crippen LogP contribution >= 0.6 is 15.9 Å². The number of hydrogen-bond acceptors (Lipinski definition) is 3. The van der Waals surface area contributed by atoms with Crippen molar-refractivity contribution in [3.8, 4) is 0 Å². The molecule has 0 saturated carbocycles. The van der Waals surface area contributed by atoms with Gasteiger partial charge in [0.1, 0.15) is 11.9 Å². The van der Waals surface area contributed by atoms with Gasteiger partial charge in [-0.05, 0) is 44.0 Å². The zero-order valence-corrected chi connectivity index (χ0v) is 13.3. The quantitative estimate of drug-likeness (QED) is 0.830. The standard InChI is InChI=1S/C16H20BrNO2/c1-11(10-15(19)16-8-5-9-20-16)18-12(2)13-6-3-4-7-14(13)17/h3-9,11-12,15,18-19H,10H2,1-2H3. The zero-order valence-electron chi connectivity index (χ0n) is 11.7. The van der Waals surface area contributed by atoms with Crippen molar-refractivity contribution in [2.45, 2.75) is 38.5 Å². The van der Waals surface area contributed by atoms with Crippen LogP contribution in [-0.2, 0) is 0 Å². The Balaban J connectivity index is 1.91. The molecule has 0 spiro atoms. The van der Waals surface area contributed by atoms with Gasteiger partial charge in [0.25, 0.3) is 0 Å². The summed E-state index contributed by atoms with van der Waals surface area (Å²) in [5.74, 6) is 0.618. The topological polar surface area (TPSA) is 45.4 Å². The largest absolute Gasteiger partial charge is 0.467 e. The van der Waals surface area contributed by atoms with Gasteiger partial charge in [0.05, 0.1) is 6.26 Å². The number of aliphatic hydroxyl groups excluding tert-OH is 1. The first-order valence-electron chi connectivity index (χ1n) is 6.80. The SMILES string of the molecule is CC(CC(O)c1ccco1)NC(C)c1ccccc1Br. The monoisotopic (exact) mass is 337 g/mol. The molecule has 0 saturated heterocycles. The number of benzene rings is 1. The van der Waals surface area contributed by atoms with Crippen LogP contribution in [0.3, 0.4) is 0 Å². The lowest BCUT2D eigenvalue weighted by Crippen LogP contribution is -2.30. The Kier molecular flexibility index (Phi) is 5.40. The van der Waals surface area contributed by atoms with Gasteiger partial charge < -0.3 is 14.8 Å².